The largest absolute Gasteiger partial charge is 0.496 e. The molecular weight excluding hydrogens is 342 g/mol. The van der Waals surface area contributed by atoms with Crippen molar-refractivity contribution < 1.29 is 14.3 Å². The molecule has 1 aliphatic carbocycles. The number of carbonyl (C=O) groups is 2. The summed E-state index contributed by atoms with van der Waals surface area (Å²) in [5, 5.41) is 3.33. The third-order valence-corrected chi connectivity index (χ3v) is 5.22. The van der Waals surface area contributed by atoms with Crippen LogP contribution < -0.4 is 15.8 Å². The summed E-state index contributed by atoms with van der Waals surface area (Å²) in [6, 6.07) is 3.09. The van der Waals surface area contributed by atoms with Gasteiger partial charge in [-0.05, 0) is 37.7 Å². The Hall–Kier alpha value is -1.95. The summed E-state index contributed by atoms with van der Waals surface area (Å²) < 4.78 is 5.27. The topological polar surface area (TPSA) is 84.7 Å². The third-order valence-electron chi connectivity index (χ3n) is 4.89. The molecule has 25 heavy (non-hydrogen) atoms. The van der Waals surface area contributed by atoms with E-state index in [-0.39, 0.29) is 17.7 Å². The normalized spacial score (nSPS) is 20.2. The molecule has 0 aromatic heterocycles. The van der Waals surface area contributed by atoms with E-state index in [1.165, 1.54) is 26.0 Å². The van der Waals surface area contributed by atoms with Gasteiger partial charge < -0.3 is 20.7 Å². The molecule has 1 saturated carbocycles. The molecule has 0 spiro atoms. The Morgan fingerprint density at radius 1 is 1.36 bits per heavy atom. The fraction of sp³-hybridized carbons (Fsp3) is 0.556. The number of halogens is 1. The van der Waals surface area contributed by atoms with E-state index in [1.54, 1.807) is 11.0 Å². The summed E-state index contributed by atoms with van der Waals surface area (Å²) in [6.07, 6.45) is 4.01. The lowest BCUT2D eigenvalue weighted by molar-refractivity contribution is -0.126. The van der Waals surface area contributed by atoms with E-state index in [1.807, 2.05) is 0 Å². The predicted octanol–water partition coefficient (Wildman–Crippen LogP) is 2.31. The number of likely N-dealkylation sites (tertiary alicyclic amines) is 1. The monoisotopic (exact) mass is 365 g/mol. The quantitative estimate of drug-likeness (QED) is 0.784. The molecule has 1 heterocycles. The van der Waals surface area contributed by atoms with Crippen LogP contribution in [-0.4, -0.2) is 43.5 Å². The van der Waals surface area contributed by atoms with E-state index in [2.05, 4.69) is 5.32 Å². The molecule has 1 aliphatic heterocycles. The second-order valence-corrected chi connectivity index (χ2v) is 7.26. The van der Waals surface area contributed by atoms with Crippen LogP contribution in [0.1, 0.15) is 36.0 Å². The SMILES string of the molecule is COc1cc(N)c(Cl)cc1C(=O)N1CCCC(C(=O)NCC2CC2)C1. The Kier molecular flexibility index (Phi) is 5.37. The van der Waals surface area contributed by atoms with Crippen LogP contribution in [0, 0.1) is 11.8 Å². The molecule has 3 N–H and O–H groups in total. The number of methoxy groups -OCH3 is 1. The molecular formula is C18H24ClN3O3. The summed E-state index contributed by atoms with van der Waals surface area (Å²) >= 11 is 6.07. The van der Waals surface area contributed by atoms with Gasteiger partial charge in [-0.1, -0.05) is 11.6 Å². The molecule has 136 valence electrons. The van der Waals surface area contributed by atoms with Crippen LogP contribution in [-0.2, 0) is 4.79 Å². The van der Waals surface area contributed by atoms with Crippen molar-refractivity contribution in [1.82, 2.24) is 10.2 Å². The maximum Gasteiger partial charge on any atom is 0.257 e. The molecule has 2 aliphatic rings. The van der Waals surface area contributed by atoms with E-state index in [0.29, 0.717) is 41.0 Å². The maximum atomic E-state index is 12.9. The van der Waals surface area contributed by atoms with Gasteiger partial charge in [-0.3, -0.25) is 9.59 Å². The van der Waals surface area contributed by atoms with E-state index in [9.17, 15) is 9.59 Å². The lowest BCUT2D eigenvalue weighted by Crippen LogP contribution is -2.45. The molecule has 1 aromatic carbocycles. The van der Waals surface area contributed by atoms with Crippen LogP contribution in [0.2, 0.25) is 5.02 Å². The van der Waals surface area contributed by atoms with Crippen molar-refractivity contribution in [3.63, 3.8) is 0 Å². The van der Waals surface area contributed by atoms with Crippen LogP contribution in [0.5, 0.6) is 5.75 Å². The van der Waals surface area contributed by atoms with Crippen molar-refractivity contribution in [2.75, 3.05) is 32.5 Å². The number of rotatable bonds is 5. The van der Waals surface area contributed by atoms with Crippen LogP contribution in [0.25, 0.3) is 0 Å². The summed E-state index contributed by atoms with van der Waals surface area (Å²) in [6.45, 7) is 1.79. The van der Waals surface area contributed by atoms with Gasteiger partial charge >= 0.3 is 0 Å². The second kappa shape index (κ2) is 7.52. The first-order valence-corrected chi connectivity index (χ1v) is 9.07. The number of ether oxygens (including phenoxy) is 1. The number of amides is 2. The highest BCUT2D eigenvalue weighted by atomic mass is 35.5. The molecule has 2 fully saturated rings. The van der Waals surface area contributed by atoms with Crippen molar-refractivity contribution in [2.45, 2.75) is 25.7 Å². The molecule has 2 amide bonds. The summed E-state index contributed by atoms with van der Waals surface area (Å²) in [5.41, 5.74) is 6.52. The van der Waals surface area contributed by atoms with Crippen molar-refractivity contribution in [2.24, 2.45) is 11.8 Å². The number of nitrogens with two attached hydrogens (primary N) is 1. The molecule has 1 aromatic rings. The number of benzene rings is 1. The van der Waals surface area contributed by atoms with Crippen molar-refractivity contribution in [3.8, 4) is 5.75 Å². The number of hydrogen-bond donors (Lipinski definition) is 2. The number of hydrogen-bond acceptors (Lipinski definition) is 4. The molecule has 1 saturated heterocycles. The Labute approximate surface area is 152 Å². The first-order valence-electron chi connectivity index (χ1n) is 8.69. The maximum absolute atomic E-state index is 12.9. The summed E-state index contributed by atoms with van der Waals surface area (Å²) in [7, 11) is 1.49. The van der Waals surface area contributed by atoms with Gasteiger partial charge in [0.1, 0.15) is 5.75 Å². The number of nitrogens with one attached hydrogen (secondary N) is 1. The highest BCUT2D eigenvalue weighted by molar-refractivity contribution is 6.33. The number of nitrogen functional groups attached to an aromatic ring is 1. The zero-order chi connectivity index (χ0) is 18.0. The molecule has 1 unspecified atom stereocenters. The van der Waals surface area contributed by atoms with Crippen molar-refractivity contribution in [1.29, 1.82) is 0 Å². The highest BCUT2D eigenvalue weighted by Gasteiger charge is 2.31. The van der Waals surface area contributed by atoms with Crippen molar-refractivity contribution in [3.05, 3.63) is 22.7 Å². The Morgan fingerprint density at radius 2 is 2.12 bits per heavy atom. The minimum Gasteiger partial charge on any atom is -0.496 e. The number of nitrogens with zero attached hydrogens (tertiary/aromatic N) is 1. The zero-order valence-corrected chi connectivity index (χ0v) is 15.1. The number of carbonyl (C=O) groups excluding carboxylic acids is 2. The highest BCUT2D eigenvalue weighted by Crippen LogP contribution is 2.31. The first-order chi connectivity index (χ1) is 12.0. The van der Waals surface area contributed by atoms with Gasteiger partial charge in [0.2, 0.25) is 5.91 Å². The fourth-order valence-electron chi connectivity index (χ4n) is 3.16. The Morgan fingerprint density at radius 3 is 2.80 bits per heavy atom. The van der Waals surface area contributed by atoms with E-state index < -0.39 is 0 Å². The molecule has 6 nitrogen and oxygen atoms in total. The summed E-state index contributed by atoms with van der Waals surface area (Å²) in [4.78, 5) is 27.0. The Bertz CT molecular complexity index is 676. The van der Waals surface area contributed by atoms with Gasteiger partial charge in [0.15, 0.2) is 0 Å². The molecule has 1 atom stereocenters. The van der Waals surface area contributed by atoms with Crippen molar-refractivity contribution >= 4 is 29.1 Å². The first kappa shape index (κ1) is 17.9. The molecule has 0 bridgehead atoms. The minimum absolute atomic E-state index is 0.0479. The van der Waals surface area contributed by atoms with Crippen LogP contribution in [0.15, 0.2) is 12.1 Å². The molecule has 3 rings (SSSR count). The van der Waals surface area contributed by atoms with E-state index in [4.69, 9.17) is 22.1 Å². The average molecular weight is 366 g/mol. The predicted molar refractivity (Wildman–Crippen MR) is 96.8 cm³/mol. The van der Waals surface area contributed by atoms with Crippen LogP contribution >= 0.6 is 11.6 Å². The van der Waals surface area contributed by atoms with E-state index in [0.717, 1.165) is 19.4 Å². The fourth-order valence-corrected chi connectivity index (χ4v) is 3.33. The number of anilines is 1. The van der Waals surface area contributed by atoms with Crippen LogP contribution in [0.4, 0.5) is 5.69 Å². The minimum atomic E-state index is -0.182. The van der Waals surface area contributed by atoms with E-state index >= 15 is 0 Å². The lowest BCUT2D eigenvalue weighted by Gasteiger charge is -2.32. The second-order valence-electron chi connectivity index (χ2n) is 6.85. The smallest absolute Gasteiger partial charge is 0.257 e. The van der Waals surface area contributed by atoms with Gasteiger partial charge in [-0.25, -0.2) is 0 Å². The van der Waals surface area contributed by atoms with Gasteiger partial charge in [0.05, 0.1) is 29.3 Å². The van der Waals surface area contributed by atoms with Gasteiger partial charge in [-0.2, -0.15) is 0 Å². The van der Waals surface area contributed by atoms with Gasteiger partial charge in [0, 0.05) is 25.7 Å². The molecule has 7 heteroatoms. The summed E-state index contributed by atoms with van der Waals surface area (Å²) in [5.74, 6) is 0.746. The van der Waals surface area contributed by atoms with Gasteiger partial charge in [-0.15, -0.1) is 0 Å². The number of piperidine rings is 1. The zero-order valence-electron chi connectivity index (χ0n) is 14.4. The Balaban J connectivity index is 1.69. The van der Waals surface area contributed by atoms with Crippen LogP contribution in [0.3, 0.4) is 0 Å². The third kappa shape index (κ3) is 4.18. The molecule has 0 radical (unpaired) electrons. The average Bonchev–Trinajstić information content (AvgIpc) is 3.45. The standard InChI is InChI=1S/C18H24ClN3O3/c1-25-16-8-15(20)14(19)7-13(16)18(24)22-6-2-3-12(10-22)17(23)21-9-11-4-5-11/h7-8,11-12H,2-6,9-10,20H2,1H3,(H,21,23). The lowest BCUT2D eigenvalue weighted by atomic mass is 9.96. The van der Waals surface area contributed by atoms with Gasteiger partial charge in [0.25, 0.3) is 5.91 Å².